The van der Waals surface area contributed by atoms with Crippen LogP contribution in [-0.4, -0.2) is 20.2 Å². The smallest absolute Gasteiger partial charge is 0.188 e. The standard InChI is InChI=1S/C13H8Cl3N5/c14-10-3-1-7(17)5-9(10)13-18-19-20-21(13)8-2-4-11(15)12(16)6-8/h1-6H,17H2. The van der Waals surface area contributed by atoms with Crippen LogP contribution in [0.5, 0.6) is 0 Å². The maximum Gasteiger partial charge on any atom is 0.188 e. The molecule has 0 fully saturated rings. The summed E-state index contributed by atoms with van der Waals surface area (Å²) < 4.78 is 1.52. The Hall–Kier alpha value is -1.82. The van der Waals surface area contributed by atoms with Crippen molar-refractivity contribution in [3.05, 3.63) is 51.5 Å². The number of aromatic nitrogens is 4. The summed E-state index contributed by atoms with van der Waals surface area (Å²) in [6.07, 6.45) is 0. The number of hydrogen-bond donors (Lipinski definition) is 1. The normalized spacial score (nSPS) is 10.8. The second-order valence-electron chi connectivity index (χ2n) is 4.25. The lowest BCUT2D eigenvalue weighted by atomic mass is 10.2. The molecule has 0 aliphatic heterocycles. The van der Waals surface area contributed by atoms with Crippen molar-refractivity contribution in [2.24, 2.45) is 0 Å². The highest BCUT2D eigenvalue weighted by Gasteiger charge is 2.15. The highest BCUT2D eigenvalue weighted by Crippen LogP contribution is 2.30. The highest BCUT2D eigenvalue weighted by atomic mass is 35.5. The minimum atomic E-state index is 0.411. The zero-order chi connectivity index (χ0) is 15.0. The van der Waals surface area contributed by atoms with Gasteiger partial charge < -0.3 is 5.73 Å². The van der Waals surface area contributed by atoms with Crippen LogP contribution in [0.3, 0.4) is 0 Å². The predicted octanol–water partition coefficient (Wildman–Crippen LogP) is 3.87. The molecule has 0 unspecified atom stereocenters. The van der Waals surface area contributed by atoms with Gasteiger partial charge in [0.05, 0.1) is 20.8 Å². The first kappa shape index (κ1) is 14.1. The molecule has 3 aromatic rings. The molecule has 5 nitrogen and oxygen atoms in total. The zero-order valence-corrected chi connectivity index (χ0v) is 12.7. The summed E-state index contributed by atoms with van der Waals surface area (Å²) in [5.74, 6) is 0.464. The Labute approximate surface area is 135 Å². The molecule has 0 aliphatic rings. The number of tetrazole rings is 1. The second kappa shape index (κ2) is 5.52. The maximum absolute atomic E-state index is 6.19. The van der Waals surface area contributed by atoms with E-state index in [9.17, 15) is 0 Å². The Kier molecular flexibility index (Phi) is 3.71. The molecule has 3 rings (SSSR count). The fraction of sp³-hybridized carbons (Fsp3) is 0. The predicted molar refractivity (Wildman–Crippen MR) is 84.0 cm³/mol. The molecule has 0 radical (unpaired) electrons. The Bertz CT molecular complexity index is 815. The quantitative estimate of drug-likeness (QED) is 0.719. The van der Waals surface area contributed by atoms with Gasteiger partial charge >= 0.3 is 0 Å². The molecule has 0 saturated carbocycles. The van der Waals surface area contributed by atoms with Crippen molar-refractivity contribution in [3.8, 4) is 17.1 Å². The molecule has 0 aliphatic carbocycles. The lowest BCUT2D eigenvalue weighted by molar-refractivity contribution is 0.791. The van der Waals surface area contributed by atoms with Crippen LogP contribution in [0.4, 0.5) is 5.69 Å². The van der Waals surface area contributed by atoms with Crippen molar-refractivity contribution in [2.75, 3.05) is 5.73 Å². The average molecular weight is 341 g/mol. The van der Waals surface area contributed by atoms with Gasteiger partial charge in [-0.3, -0.25) is 0 Å². The van der Waals surface area contributed by atoms with Gasteiger partial charge in [-0.15, -0.1) is 5.10 Å². The van der Waals surface area contributed by atoms with Crippen LogP contribution in [0.1, 0.15) is 0 Å². The lowest BCUT2D eigenvalue weighted by Gasteiger charge is -2.07. The van der Waals surface area contributed by atoms with Gasteiger partial charge in [-0.05, 0) is 46.8 Å². The van der Waals surface area contributed by atoms with Crippen molar-refractivity contribution in [1.82, 2.24) is 20.2 Å². The maximum atomic E-state index is 6.19. The zero-order valence-electron chi connectivity index (χ0n) is 10.5. The highest BCUT2D eigenvalue weighted by molar-refractivity contribution is 6.42. The van der Waals surface area contributed by atoms with Crippen molar-refractivity contribution in [2.45, 2.75) is 0 Å². The van der Waals surface area contributed by atoms with E-state index in [1.54, 1.807) is 36.4 Å². The third-order valence-electron chi connectivity index (χ3n) is 2.85. The molecule has 0 amide bonds. The topological polar surface area (TPSA) is 69.6 Å². The summed E-state index contributed by atoms with van der Waals surface area (Å²) in [7, 11) is 0. The van der Waals surface area contributed by atoms with Gasteiger partial charge in [-0.1, -0.05) is 34.8 Å². The first-order valence-corrected chi connectivity index (χ1v) is 6.99. The molecule has 1 aromatic heterocycles. The van der Waals surface area contributed by atoms with Crippen LogP contribution < -0.4 is 5.73 Å². The van der Waals surface area contributed by atoms with Crippen LogP contribution in [0.15, 0.2) is 36.4 Å². The van der Waals surface area contributed by atoms with E-state index in [4.69, 9.17) is 40.5 Å². The molecule has 0 bridgehead atoms. The molecule has 0 spiro atoms. The summed E-state index contributed by atoms with van der Waals surface area (Å²) >= 11 is 18.1. The van der Waals surface area contributed by atoms with E-state index in [1.807, 2.05) is 0 Å². The molecule has 21 heavy (non-hydrogen) atoms. The molecule has 1 heterocycles. The van der Waals surface area contributed by atoms with E-state index in [1.165, 1.54) is 4.68 Å². The van der Waals surface area contributed by atoms with E-state index in [-0.39, 0.29) is 0 Å². The number of nitrogens with two attached hydrogens (primary N) is 1. The summed E-state index contributed by atoms with van der Waals surface area (Å²) in [6.45, 7) is 0. The molecule has 2 N–H and O–H groups in total. The number of nitrogens with zero attached hydrogens (tertiary/aromatic N) is 4. The van der Waals surface area contributed by atoms with Crippen LogP contribution in [0.2, 0.25) is 15.1 Å². The van der Waals surface area contributed by atoms with Crippen LogP contribution >= 0.6 is 34.8 Å². The van der Waals surface area contributed by atoms with Crippen molar-refractivity contribution < 1.29 is 0 Å². The monoisotopic (exact) mass is 339 g/mol. The Balaban J connectivity index is 2.17. The minimum Gasteiger partial charge on any atom is -0.399 e. The number of anilines is 1. The van der Waals surface area contributed by atoms with Crippen LogP contribution in [0, 0.1) is 0 Å². The molecule has 8 heteroatoms. The Morgan fingerprint density at radius 3 is 2.43 bits per heavy atom. The largest absolute Gasteiger partial charge is 0.399 e. The molecule has 0 atom stereocenters. The lowest BCUT2D eigenvalue weighted by Crippen LogP contribution is -2.00. The van der Waals surface area contributed by atoms with Crippen LogP contribution in [0.25, 0.3) is 17.1 Å². The third-order valence-corrected chi connectivity index (χ3v) is 3.92. The summed E-state index contributed by atoms with van der Waals surface area (Å²) in [5.41, 5.74) is 7.66. The Morgan fingerprint density at radius 1 is 0.905 bits per heavy atom. The SMILES string of the molecule is Nc1ccc(Cl)c(-c2nnnn2-c2ccc(Cl)c(Cl)c2)c1. The molecular formula is C13H8Cl3N5. The molecule has 0 saturated heterocycles. The first-order chi connectivity index (χ1) is 10.1. The van der Waals surface area contributed by atoms with Gasteiger partial charge in [-0.2, -0.15) is 4.68 Å². The average Bonchev–Trinajstić information content (AvgIpc) is 2.93. The number of benzene rings is 2. The van der Waals surface area contributed by atoms with Crippen molar-refractivity contribution in [1.29, 1.82) is 0 Å². The fourth-order valence-electron chi connectivity index (χ4n) is 1.86. The minimum absolute atomic E-state index is 0.411. The summed E-state index contributed by atoms with van der Waals surface area (Å²) in [5, 5.41) is 13.0. The Morgan fingerprint density at radius 2 is 1.67 bits per heavy atom. The summed E-state index contributed by atoms with van der Waals surface area (Å²) in [6, 6.07) is 10.2. The van der Waals surface area contributed by atoms with Gasteiger partial charge in [0.2, 0.25) is 0 Å². The first-order valence-electron chi connectivity index (χ1n) is 5.85. The van der Waals surface area contributed by atoms with Crippen LogP contribution in [-0.2, 0) is 0 Å². The van der Waals surface area contributed by atoms with E-state index in [0.29, 0.717) is 37.8 Å². The van der Waals surface area contributed by atoms with Gasteiger partial charge in [0.1, 0.15) is 0 Å². The molecular weight excluding hydrogens is 333 g/mol. The van der Waals surface area contributed by atoms with Gasteiger partial charge in [0.15, 0.2) is 5.82 Å². The van der Waals surface area contributed by atoms with Crippen molar-refractivity contribution in [3.63, 3.8) is 0 Å². The number of nitrogen functional groups attached to an aromatic ring is 1. The fourth-order valence-corrected chi connectivity index (χ4v) is 2.35. The number of hydrogen-bond acceptors (Lipinski definition) is 4. The third kappa shape index (κ3) is 2.68. The second-order valence-corrected chi connectivity index (χ2v) is 5.47. The number of rotatable bonds is 2. The summed E-state index contributed by atoms with van der Waals surface area (Å²) in [4.78, 5) is 0. The van der Waals surface area contributed by atoms with E-state index >= 15 is 0 Å². The van der Waals surface area contributed by atoms with Crippen molar-refractivity contribution >= 4 is 40.5 Å². The van der Waals surface area contributed by atoms with Gasteiger partial charge in [0.25, 0.3) is 0 Å². The molecule has 2 aromatic carbocycles. The van der Waals surface area contributed by atoms with E-state index in [2.05, 4.69) is 15.5 Å². The van der Waals surface area contributed by atoms with E-state index in [0.717, 1.165) is 0 Å². The van der Waals surface area contributed by atoms with Gasteiger partial charge in [-0.25, -0.2) is 0 Å². The number of halogens is 3. The molecule has 106 valence electrons. The van der Waals surface area contributed by atoms with E-state index < -0.39 is 0 Å². The van der Waals surface area contributed by atoms with Gasteiger partial charge in [0, 0.05) is 11.3 Å².